The van der Waals surface area contributed by atoms with Gasteiger partial charge in [0.25, 0.3) is 0 Å². The molecule has 0 spiro atoms. The van der Waals surface area contributed by atoms with Gasteiger partial charge in [-0.15, -0.1) is 0 Å². The monoisotopic (exact) mass is 266 g/mol. The van der Waals surface area contributed by atoms with Gasteiger partial charge < -0.3 is 5.11 Å². The van der Waals surface area contributed by atoms with E-state index >= 15 is 0 Å². The zero-order valence-corrected chi connectivity index (χ0v) is 9.78. The Kier molecular flexibility index (Phi) is 5.03. The van der Waals surface area contributed by atoms with E-state index in [1.165, 1.54) is 13.1 Å². The lowest BCUT2D eigenvalue weighted by Gasteiger charge is -2.19. The van der Waals surface area contributed by atoms with Crippen LogP contribution >= 0.6 is 0 Å². The number of nitrogens with zero attached hydrogens (tertiary/aromatic N) is 2. The van der Waals surface area contributed by atoms with Crippen molar-refractivity contribution in [1.82, 2.24) is 9.88 Å². The predicted octanol–water partition coefficient (Wildman–Crippen LogP) is 2.14. The quantitative estimate of drug-likeness (QED) is 0.829. The largest absolute Gasteiger partial charge is 0.401 e. The van der Waals surface area contributed by atoms with Crippen molar-refractivity contribution in [3.8, 4) is 0 Å². The molecule has 1 heterocycles. The maximum absolute atomic E-state index is 12.6. The smallest absolute Gasteiger partial charge is 0.387 e. The van der Waals surface area contributed by atoms with Crippen LogP contribution in [0.2, 0.25) is 0 Å². The molecule has 0 aliphatic heterocycles. The highest BCUT2D eigenvalue weighted by atomic mass is 19.4. The Morgan fingerprint density at radius 2 is 2.06 bits per heavy atom. The summed E-state index contributed by atoms with van der Waals surface area (Å²) in [5, 5.41) is 9.67. The molecular formula is C11H14F4N2O. The molecule has 1 rings (SSSR count). The normalized spacial score (nSPS) is 13.9. The zero-order chi connectivity index (χ0) is 13.8. The summed E-state index contributed by atoms with van der Waals surface area (Å²) in [6, 6.07) is 2.45. The number of hydrogen-bond donors (Lipinski definition) is 1. The van der Waals surface area contributed by atoms with Crippen LogP contribution in [-0.2, 0) is 0 Å². The molecule has 0 amide bonds. The predicted molar refractivity (Wildman–Crippen MR) is 57.3 cm³/mol. The SMILES string of the molecule is CN(CCC(O)c1ccc(F)cn1)CC(F)(F)F. The van der Waals surface area contributed by atoms with E-state index < -0.39 is 24.6 Å². The molecule has 0 saturated carbocycles. The Labute approximate surface area is 102 Å². The average Bonchev–Trinajstić information content (AvgIpc) is 2.24. The Bertz CT molecular complexity index is 366. The number of alkyl halides is 3. The molecule has 0 radical (unpaired) electrons. The first kappa shape index (κ1) is 14.8. The Hall–Kier alpha value is -1.21. The van der Waals surface area contributed by atoms with Gasteiger partial charge in [0.1, 0.15) is 5.82 Å². The number of rotatable bonds is 5. The molecule has 1 N–H and O–H groups in total. The fourth-order valence-corrected chi connectivity index (χ4v) is 1.46. The highest BCUT2D eigenvalue weighted by molar-refractivity contribution is 5.07. The molecule has 0 bridgehead atoms. The molecule has 0 saturated heterocycles. The third kappa shape index (κ3) is 5.42. The van der Waals surface area contributed by atoms with Gasteiger partial charge in [-0.05, 0) is 25.6 Å². The number of pyridine rings is 1. The number of aromatic nitrogens is 1. The summed E-state index contributed by atoms with van der Waals surface area (Å²) in [5.41, 5.74) is 0.247. The van der Waals surface area contributed by atoms with Gasteiger partial charge in [-0.3, -0.25) is 9.88 Å². The van der Waals surface area contributed by atoms with E-state index in [2.05, 4.69) is 4.98 Å². The van der Waals surface area contributed by atoms with Crippen LogP contribution in [0.4, 0.5) is 17.6 Å². The first-order valence-corrected chi connectivity index (χ1v) is 5.33. The lowest BCUT2D eigenvalue weighted by atomic mass is 10.1. The molecule has 1 unspecified atom stereocenters. The third-order valence-corrected chi connectivity index (χ3v) is 2.33. The number of aliphatic hydroxyl groups excluding tert-OH is 1. The van der Waals surface area contributed by atoms with Crippen molar-refractivity contribution in [3.63, 3.8) is 0 Å². The second-order valence-corrected chi connectivity index (χ2v) is 4.06. The maximum Gasteiger partial charge on any atom is 0.401 e. The molecular weight excluding hydrogens is 252 g/mol. The van der Waals surface area contributed by atoms with Gasteiger partial charge in [0, 0.05) is 6.54 Å². The van der Waals surface area contributed by atoms with E-state index in [1.54, 1.807) is 0 Å². The third-order valence-electron chi connectivity index (χ3n) is 2.33. The van der Waals surface area contributed by atoms with Crippen LogP contribution in [0, 0.1) is 5.82 Å². The van der Waals surface area contributed by atoms with E-state index in [1.807, 2.05) is 0 Å². The maximum atomic E-state index is 12.6. The Morgan fingerprint density at radius 3 is 2.56 bits per heavy atom. The molecule has 1 atom stereocenters. The molecule has 3 nitrogen and oxygen atoms in total. The van der Waals surface area contributed by atoms with Crippen molar-refractivity contribution in [2.45, 2.75) is 18.7 Å². The fourth-order valence-electron chi connectivity index (χ4n) is 1.46. The highest BCUT2D eigenvalue weighted by Crippen LogP contribution is 2.18. The fraction of sp³-hybridized carbons (Fsp3) is 0.545. The van der Waals surface area contributed by atoms with Gasteiger partial charge in [-0.2, -0.15) is 13.2 Å². The van der Waals surface area contributed by atoms with Crippen molar-refractivity contribution in [2.24, 2.45) is 0 Å². The lowest BCUT2D eigenvalue weighted by molar-refractivity contribution is -0.143. The summed E-state index contributed by atoms with van der Waals surface area (Å²) in [6.07, 6.45) is -4.20. The summed E-state index contributed by atoms with van der Waals surface area (Å²) in [6.45, 7) is -0.962. The highest BCUT2D eigenvalue weighted by Gasteiger charge is 2.29. The van der Waals surface area contributed by atoms with Crippen LogP contribution in [0.25, 0.3) is 0 Å². The Morgan fingerprint density at radius 1 is 1.39 bits per heavy atom. The number of hydrogen-bond acceptors (Lipinski definition) is 3. The van der Waals surface area contributed by atoms with Gasteiger partial charge >= 0.3 is 6.18 Å². The lowest BCUT2D eigenvalue weighted by Crippen LogP contribution is -2.32. The summed E-state index contributed by atoms with van der Waals surface area (Å²) in [5.74, 6) is -0.528. The van der Waals surface area contributed by atoms with Crippen LogP contribution in [-0.4, -0.2) is 41.3 Å². The van der Waals surface area contributed by atoms with Crippen molar-refractivity contribution in [1.29, 1.82) is 0 Å². The van der Waals surface area contributed by atoms with Gasteiger partial charge in [-0.25, -0.2) is 4.39 Å². The first-order valence-electron chi connectivity index (χ1n) is 5.33. The van der Waals surface area contributed by atoms with Crippen LogP contribution in [0.5, 0.6) is 0 Å². The van der Waals surface area contributed by atoms with Crippen LogP contribution in [0.1, 0.15) is 18.2 Å². The minimum Gasteiger partial charge on any atom is -0.387 e. The summed E-state index contributed by atoms with van der Waals surface area (Å²) in [4.78, 5) is 4.73. The van der Waals surface area contributed by atoms with Gasteiger partial charge in [-0.1, -0.05) is 0 Å². The van der Waals surface area contributed by atoms with Gasteiger partial charge in [0.2, 0.25) is 0 Å². The summed E-state index contributed by atoms with van der Waals surface area (Å²) >= 11 is 0. The van der Waals surface area contributed by atoms with E-state index in [9.17, 15) is 22.7 Å². The van der Waals surface area contributed by atoms with Crippen LogP contribution in [0.3, 0.4) is 0 Å². The Balaban J connectivity index is 2.41. The summed E-state index contributed by atoms with van der Waals surface area (Å²) in [7, 11) is 1.32. The molecule has 7 heteroatoms. The van der Waals surface area contributed by atoms with Crippen LogP contribution < -0.4 is 0 Å². The minimum atomic E-state index is -4.26. The minimum absolute atomic E-state index is 0.0692. The van der Waals surface area contributed by atoms with E-state index in [-0.39, 0.29) is 18.7 Å². The zero-order valence-electron chi connectivity index (χ0n) is 9.78. The molecule has 0 aliphatic carbocycles. The summed E-state index contributed by atoms with van der Waals surface area (Å²) < 4.78 is 48.7. The molecule has 1 aromatic heterocycles. The molecule has 0 fully saturated rings. The van der Waals surface area contributed by atoms with Crippen LogP contribution in [0.15, 0.2) is 18.3 Å². The number of halogens is 4. The molecule has 18 heavy (non-hydrogen) atoms. The molecule has 0 aliphatic rings. The number of aliphatic hydroxyl groups is 1. The first-order chi connectivity index (χ1) is 8.28. The standard InChI is InChI=1S/C11H14F4N2O/c1-17(7-11(13,14)15)5-4-10(18)9-3-2-8(12)6-16-9/h2-3,6,10,18H,4-5,7H2,1H3. The molecule has 1 aromatic rings. The second kappa shape index (κ2) is 6.10. The molecule has 102 valence electrons. The van der Waals surface area contributed by atoms with Gasteiger partial charge in [0.05, 0.1) is 24.5 Å². The molecule has 0 aromatic carbocycles. The second-order valence-electron chi connectivity index (χ2n) is 4.06. The van der Waals surface area contributed by atoms with E-state index in [0.29, 0.717) is 0 Å². The van der Waals surface area contributed by atoms with Crippen molar-refractivity contribution < 1.29 is 22.7 Å². The van der Waals surface area contributed by atoms with Crippen molar-refractivity contribution in [2.75, 3.05) is 20.1 Å². The van der Waals surface area contributed by atoms with E-state index in [4.69, 9.17) is 0 Å². The van der Waals surface area contributed by atoms with Crippen molar-refractivity contribution in [3.05, 3.63) is 29.8 Å². The van der Waals surface area contributed by atoms with Gasteiger partial charge in [0.15, 0.2) is 0 Å². The van der Waals surface area contributed by atoms with Crippen molar-refractivity contribution >= 4 is 0 Å². The average molecular weight is 266 g/mol. The van der Waals surface area contributed by atoms with E-state index in [0.717, 1.165) is 17.2 Å². The topological polar surface area (TPSA) is 36.4 Å².